The third-order valence-electron chi connectivity index (χ3n) is 13.1. The van der Waals surface area contributed by atoms with E-state index in [1.807, 2.05) is 23.9 Å². The van der Waals surface area contributed by atoms with Gasteiger partial charge in [-0.25, -0.2) is 0 Å². The van der Waals surface area contributed by atoms with Crippen LogP contribution >= 0.6 is 0 Å². The normalized spacial score (nSPS) is 22.5. The number of aryl methyl sites for hydroxylation is 2. The molecule has 3 saturated heterocycles. The standard InChI is InChI=1S/C46H52N6O3/c1-49-42-30-36(12-15-40(42)45(48-49)41-17-18-43(54)47-46(41)55)52-27-25-50(26-28-52)22-19-31-20-23-51(24-21-31)35-10-7-33(8-11-35)44-38(32-5-3-2-4-6-32)14-9-34-29-37(53)13-16-39(34)44/h2-8,10-13,15-16,29-31,38,41,44,53H,9,14,17-28H2,1H3,(H,47,54,55)/t38-,41?,44+/m1/s1. The van der Waals surface area contributed by atoms with Crippen LogP contribution in [0, 0.1) is 5.92 Å². The molecule has 0 spiro atoms. The first-order chi connectivity index (χ1) is 26.9. The maximum Gasteiger partial charge on any atom is 0.235 e. The number of rotatable bonds is 8. The van der Waals surface area contributed by atoms with Crippen molar-refractivity contribution in [1.82, 2.24) is 20.0 Å². The summed E-state index contributed by atoms with van der Waals surface area (Å²) < 4.78 is 1.87. The van der Waals surface area contributed by atoms with Gasteiger partial charge in [-0.3, -0.25) is 24.5 Å². The highest BCUT2D eigenvalue weighted by molar-refractivity contribution is 6.02. The minimum Gasteiger partial charge on any atom is -0.508 e. The number of nitrogens with zero attached hydrogens (tertiary/aromatic N) is 5. The number of piperidine rings is 2. The predicted molar refractivity (Wildman–Crippen MR) is 218 cm³/mol. The van der Waals surface area contributed by atoms with Crippen molar-refractivity contribution in [2.24, 2.45) is 13.0 Å². The van der Waals surface area contributed by atoms with Crippen LogP contribution in [-0.2, 0) is 23.1 Å². The van der Waals surface area contributed by atoms with Gasteiger partial charge in [0, 0.05) is 75.4 Å². The number of piperazine rings is 1. The molecule has 2 N–H and O–H groups in total. The number of aromatic hydroxyl groups is 1. The van der Waals surface area contributed by atoms with E-state index in [1.54, 1.807) is 0 Å². The Balaban J connectivity index is 0.771. The Morgan fingerprint density at radius 2 is 1.49 bits per heavy atom. The summed E-state index contributed by atoms with van der Waals surface area (Å²) in [6.45, 7) is 7.50. The second-order valence-electron chi connectivity index (χ2n) is 16.3. The van der Waals surface area contributed by atoms with Crippen LogP contribution in [0.5, 0.6) is 5.75 Å². The van der Waals surface area contributed by atoms with Gasteiger partial charge in [-0.15, -0.1) is 0 Å². The number of aromatic nitrogens is 2. The lowest BCUT2D eigenvalue weighted by Crippen LogP contribution is -2.47. The Kier molecular flexibility index (Phi) is 9.81. The van der Waals surface area contributed by atoms with Crippen molar-refractivity contribution in [2.45, 2.75) is 62.7 Å². The molecule has 3 atom stereocenters. The molecule has 1 aliphatic carbocycles. The zero-order valence-corrected chi connectivity index (χ0v) is 31.9. The fraction of sp³-hybridized carbons (Fsp3) is 0.413. The van der Waals surface area contributed by atoms with Gasteiger partial charge in [-0.1, -0.05) is 48.5 Å². The van der Waals surface area contributed by atoms with Crippen molar-refractivity contribution < 1.29 is 14.7 Å². The Labute approximate surface area is 323 Å². The van der Waals surface area contributed by atoms with Crippen LogP contribution in [0.4, 0.5) is 11.4 Å². The first-order valence-electron chi connectivity index (χ1n) is 20.4. The van der Waals surface area contributed by atoms with Crippen LogP contribution in [0.3, 0.4) is 0 Å². The summed E-state index contributed by atoms with van der Waals surface area (Å²) in [6.07, 6.45) is 6.67. The van der Waals surface area contributed by atoms with E-state index in [1.165, 1.54) is 52.9 Å². The van der Waals surface area contributed by atoms with Gasteiger partial charge >= 0.3 is 0 Å². The molecule has 0 radical (unpaired) electrons. The van der Waals surface area contributed by atoms with Crippen LogP contribution < -0.4 is 15.1 Å². The monoisotopic (exact) mass is 736 g/mol. The molecule has 1 aromatic heterocycles. The summed E-state index contributed by atoms with van der Waals surface area (Å²) in [4.78, 5) is 31.9. The number of phenols is 1. The minimum atomic E-state index is -0.383. The molecule has 5 aromatic rings. The SMILES string of the molecule is Cn1nc(C2CCC(=O)NC2=O)c2ccc(N3CCN(CCC4CCN(c5ccc([C@@H]6c7ccc(O)cc7CC[C@@H]6c6ccccc6)cc5)CC4)CC3)cc21. The Hall–Kier alpha value is -5.15. The number of fused-ring (bicyclic) bond motifs is 2. The van der Waals surface area contributed by atoms with E-state index in [9.17, 15) is 14.7 Å². The lowest BCUT2D eigenvalue weighted by molar-refractivity contribution is -0.134. The number of amides is 2. The summed E-state index contributed by atoms with van der Waals surface area (Å²) in [5.41, 5.74) is 9.69. The lowest BCUT2D eigenvalue weighted by Gasteiger charge is -2.38. The van der Waals surface area contributed by atoms with E-state index >= 15 is 0 Å². The van der Waals surface area contributed by atoms with Crippen molar-refractivity contribution in [2.75, 3.05) is 55.6 Å². The molecule has 4 heterocycles. The molecular weight excluding hydrogens is 685 g/mol. The summed E-state index contributed by atoms with van der Waals surface area (Å²) in [7, 11) is 1.94. The molecule has 2 amide bonds. The van der Waals surface area contributed by atoms with Crippen LogP contribution in [0.1, 0.15) is 84.2 Å². The second kappa shape index (κ2) is 15.2. The first-order valence-corrected chi connectivity index (χ1v) is 20.4. The largest absolute Gasteiger partial charge is 0.508 e. The molecular formula is C46H52N6O3. The maximum absolute atomic E-state index is 12.6. The molecule has 0 saturated carbocycles. The van der Waals surface area contributed by atoms with E-state index in [4.69, 9.17) is 5.10 Å². The highest BCUT2D eigenvalue weighted by atomic mass is 16.3. The number of hydrogen-bond acceptors (Lipinski definition) is 7. The summed E-state index contributed by atoms with van der Waals surface area (Å²) in [5, 5.41) is 18.4. The average Bonchev–Trinajstić information content (AvgIpc) is 3.55. The smallest absolute Gasteiger partial charge is 0.235 e. The van der Waals surface area contributed by atoms with Crippen molar-refractivity contribution in [3.8, 4) is 5.75 Å². The number of phenolic OH excluding ortho intramolecular Hbond substituents is 1. The lowest BCUT2D eigenvalue weighted by atomic mass is 9.69. The second-order valence-corrected chi connectivity index (χ2v) is 16.3. The average molecular weight is 737 g/mol. The molecule has 4 aliphatic rings. The quantitative estimate of drug-likeness (QED) is 0.165. The maximum atomic E-state index is 12.6. The number of anilines is 2. The molecule has 3 aliphatic heterocycles. The fourth-order valence-electron chi connectivity index (χ4n) is 9.93. The molecule has 284 valence electrons. The van der Waals surface area contributed by atoms with E-state index < -0.39 is 0 Å². The van der Waals surface area contributed by atoms with E-state index in [-0.39, 0.29) is 23.7 Å². The van der Waals surface area contributed by atoms with E-state index in [0.717, 1.165) is 81.2 Å². The zero-order valence-electron chi connectivity index (χ0n) is 31.9. The third-order valence-corrected chi connectivity index (χ3v) is 13.1. The van der Waals surface area contributed by atoms with Crippen LogP contribution in [0.25, 0.3) is 10.9 Å². The molecule has 9 nitrogen and oxygen atoms in total. The van der Waals surface area contributed by atoms with Crippen molar-refractivity contribution in [3.63, 3.8) is 0 Å². The number of carbonyl (C=O) groups is 2. The highest BCUT2D eigenvalue weighted by Crippen LogP contribution is 2.47. The minimum absolute atomic E-state index is 0.200. The molecule has 9 heteroatoms. The fourth-order valence-corrected chi connectivity index (χ4v) is 9.93. The highest BCUT2D eigenvalue weighted by Gasteiger charge is 2.34. The number of imide groups is 1. The zero-order chi connectivity index (χ0) is 37.5. The van der Waals surface area contributed by atoms with E-state index in [0.29, 0.717) is 24.5 Å². The Bertz CT molecular complexity index is 2170. The van der Waals surface area contributed by atoms with Crippen molar-refractivity contribution in [3.05, 3.63) is 119 Å². The molecule has 4 aromatic carbocycles. The molecule has 1 unspecified atom stereocenters. The molecule has 3 fully saturated rings. The number of nitrogens with one attached hydrogen (secondary N) is 1. The number of benzene rings is 4. The summed E-state index contributed by atoms with van der Waals surface area (Å²) in [5.74, 6) is 0.995. The van der Waals surface area contributed by atoms with E-state index in [2.05, 4.69) is 98.9 Å². The molecule has 9 rings (SSSR count). The van der Waals surface area contributed by atoms with Gasteiger partial charge in [0.05, 0.1) is 17.1 Å². The van der Waals surface area contributed by atoms with Gasteiger partial charge in [0.25, 0.3) is 0 Å². The Morgan fingerprint density at radius 3 is 2.25 bits per heavy atom. The van der Waals surface area contributed by atoms with Gasteiger partial charge in [0.1, 0.15) is 5.75 Å². The van der Waals surface area contributed by atoms with Gasteiger partial charge in [-0.05, 0) is 122 Å². The van der Waals surface area contributed by atoms with Crippen LogP contribution in [0.2, 0.25) is 0 Å². The predicted octanol–water partition coefficient (Wildman–Crippen LogP) is 7.09. The van der Waals surface area contributed by atoms with Crippen LogP contribution in [0.15, 0.2) is 91.0 Å². The molecule has 0 bridgehead atoms. The summed E-state index contributed by atoms with van der Waals surface area (Å²) in [6, 6.07) is 32.8. The van der Waals surface area contributed by atoms with Gasteiger partial charge < -0.3 is 14.9 Å². The number of hydrogen-bond donors (Lipinski definition) is 2. The van der Waals surface area contributed by atoms with Crippen molar-refractivity contribution in [1.29, 1.82) is 0 Å². The Morgan fingerprint density at radius 1 is 0.745 bits per heavy atom. The van der Waals surface area contributed by atoms with Gasteiger partial charge in [0.2, 0.25) is 11.8 Å². The van der Waals surface area contributed by atoms with Crippen molar-refractivity contribution >= 4 is 34.1 Å². The third kappa shape index (κ3) is 7.22. The molecule has 55 heavy (non-hydrogen) atoms. The number of carbonyl (C=O) groups excluding carboxylic acids is 2. The van der Waals surface area contributed by atoms with Crippen LogP contribution in [-0.4, -0.2) is 77.4 Å². The topological polar surface area (TPSA) is 93.9 Å². The van der Waals surface area contributed by atoms with Gasteiger partial charge in [-0.2, -0.15) is 5.10 Å². The first kappa shape index (κ1) is 35.5. The van der Waals surface area contributed by atoms with Gasteiger partial charge in [0.15, 0.2) is 0 Å². The summed E-state index contributed by atoms with van der Waals surface area (Å²) >= 11 is 0.